The second kappa shape index (κ2) is 12.7. The van der Waals surface area contributed by atoms with Gasteiger partial charge in [0.2, 0.25) is 0 Å². The Kier molecular flexibility index (Phi) is 9.91. The Bertz CT molecular complexity index is 1220. The number of carboxylic acid groups (broad SMARTS) is 1. The van der Waals surface area contributed by atoms with E-state index >= 15 is 0 Å². The Hall–Kier alpha value is -2.70. The average Bonchev–Trinajstić information content (AvgIpc) is 2.85. The van der Waals surface area contributed by atoms with Gasteiger partial charge in [-0.3, -0.25) is 0 Å². The quantitative estimate of drug-likeness (QED) is 0.248. The van der Waals surface area contributed by atoms with Crippen LogP contribution in [0.2, 0.25) is 5.02 Å². The van der Waals surface area contributed by atoms with Gasteiger partial charge in [-0.1, -0.05) is 67.1 Å². The van der Waals surface area contributed by atoms with Crippen molar-refractivity contribution < 1.29 is 19.7 Å². The summed E-state index contributed by atoms with van der Waals surface area (Å²) in [5.74, 6) is -0.932. The first-order chi connectivity index (χ1) is 17.5. The number of carboxylic acids is 1. The lowest BCUT2D eigenvalue weighted by molar-refractivity contribution is -0.00397. The van der Waals surface area contributed by atoms with Gasteiger partial charge in [0.1, 0.15) is 0 Å². The van der Waals surface area contributed by atoms with Crippen molar-refractivity contribution in [3.63, 3.8) is 0 Å². The zero-order valence-electron chi connectivity index (χ0n) is 22.3. The third-order valence-electron chi connectivity index (χ3n) is 6.67. The number of rotatable bonds is 12. The Morgan fingerprint density at radius 1 is 1.11 bits per heavy atom. The first kappa shape index (κ1) is 28.9. The van der Waals surface area contributed by atoms with Crippen molar-refractivity contribution in [3.05, 3.63) is 93.5 Å². The smallest absolute Gasteiger partial charge is 0.335 e. The van der Waals surface area contributed by atoms with E-state index in [0.717, 1.165) is 45.7 Å². The van der Waals surface area contributed by atoms with Gasteiger partial charge >= 0.3 is 5.97 Å². The standard InChI is InChI=1S/C31H38ClNO4/c1-6-23-12-11-22(16-29(23)32)17-31(4,5)33-18-25(34)19-37-21(3)27-9-7-8-10-28(27)24-13-14-26(30(35)36)20(2)15-24/h7-16,21,25,33-34H,6,17-19H2,1-5H3,(H,35,36)/t21-,25-/m1/s1. The number of aromatic carboxylic acids is 1. The molecule has 0 spiro atoms. The molecule has 198 valence electrons. The van der Waals surface area contributed by atoms with Crippen LogP contribution in [-0.4, -0.2) is 41.0 Å². The second-order valence-electron chi connectivity index (χ2n) is 10.3. The van der Waals surface area contributed by atoms with Crippen molar-refractivity contribution in [3.8, 4) is 11.1 Å². The summed E-state index contributed by atoms with van der Waals surface area (Å²) in [6.07, 6.45) is 0.773. The summed E-state index contributed by atoms with van der Waals surface area (Å²) >= 11 is 6.38. The van der Waals surface area contributed by atoms with Crippen molar-refractivity contribution in [2.24, 2.45) is 0 Å². The van der Waals surface area contributed by atoms with Crippen LogP contribution >= 0.6 is 11.6 Å². The van der Waals surface area contributed by atoms with Crippen LogP contribution in [0.4, 0.5) is 0 Å². The third-order valence-corrected chi connectivity index (χ3v) is 7.02. The molecule has 5 nitrogen and oxygen atoms in total. The predicted molar refractivity (Wildman–Crippen MR) is 151 cm³/mol. The number of benzene rings is 3. The number of hydrogen-bond donors (Lipinski definition) is 3. The molecule has 0 unspecified atom stereocenters. The molecule has 0 amide bonds. The number of carbonyl (C=O) groups is 1. The van der Waals surface area contributed by atoms with Crippen LogP contribution in [0.3, 0.4) is 0 Å². The van der Waals surface area contributed by atoms with Crippen LogP contribution in [-0.2, 0) is 17.6 Å². The van der Waals surface area contributed by atoms with Gasteiger partial charge in [-0.25, -0.2) is 4.79 Å². The fraction of sp³-hybridized carbons (Fsp3) is 0.387. The maximum Gasteiger partial charge on any atom is 0.335 e. The molecule has 0 aromatic heterocycles. The van der Waals surface area contributed by atoms with Crippen LogP contribution in [0.1, 0.15) is 66.4 Å². The number of nitrogens with one attached hydrogen (secondary N) is 1. The van der Waals surface area contributed by atoms with Gasteiger partial charge in [0.25, 0.3) is 0 Å². The second-order valence-corrected chi connectivity index (χ2v) is 10.7. The fourth-order valence-electron chi connectivity index (χ4n) is 4.54. The topological polar surface area (TPSA) is 78.8 Å². The normalized spacial score (nSPS) is 13.4. The average molecular weight is 524 g/mol. The molecular weight excluding hydrogens is 486 g/mol. The van der Waals surface area contributed by atoms with E-state index in [2.05, 4.69) is 38.2 Å². The molecule has 0 bridgehead atoms. The lowest BCUT2D eigenvalue weighted by atomic mass is 9.94. The zero-order chi connectivity index (χ0) is 27.2. The van der Waals surface area contributed by atoms with Crippen LogP contribution in [0.25, 0.3) is 11.1 Å². The predicted octanol–water partition coefficient (Wildman–Crippen LogP) is 6.63. The number of aliphatic hydroxyl groups is 1. The number of aryl methyl sites for hydroxylation is 2. The van der Waals surface area contributed by atoms with Gasteiger partial charge in [-0.15, -0.1) is 0 Å². The van der Waals surface area contributed by atoms with E-state index in [4.69, 9.17) is 16.3 Å². The van der Waals surface area contributed by atoms with Gasteiger partial charge in [0, 0.05) is 17.1 Å². The van der Waals surface area contributed by atoms with E-state index in [-0.39, 0.29) is 18.2 Å². The van der Waals surface area contributed by atoms with Gasteiger partial charge in [-0.05, 0) is 86.1 Å². The molecule has 0 radical (unpaired) electrons. The van der Waals surface area contributed by atoms with E-state index in [1.54, 1.807) is 13.0 Å². The molecule has 0 saturated carbocycles. The van der Waals surface area contributed by atoms with Crippen LogP contribution in [0.5, 0.6) is 0 Å². The molecule has 37 heavy (non-hydrogen) atoms. The summed E-state index contributed by atoms with van der Waals surface area (Å²) in [4.78, 5) is 11.4. The van der Waals surface area contributed by atoms with E-state index in [1.807, 2.05) is 49.4 Å². The highest BCUT2D eigenvalue weighted by molar-refractivity contribution is 6.31. The minimum atomic E-state index is -0.932. The monoisotopic (exact) mass is 523 g/mol. The zero-order valence-corrected chi connectivity index (χ0v) is 23.1. The van der Waals surface area contributed by atoms with Crippen molar-refractivity contribution in [2.75, 3.05) is 13.2 Å². The van der Waals surface area contributed by atoms with E-state index < -0.39 is 12.1 Å². The highest BCUT2D eigenvalue weighted by Crippen LogP contribution is 2.31. The molecule has 2 atom stereocenters. The molecule has 3 N–H and O–H groups in total. The highest BCUT2D eigenvalue weighted by Gasteiger charge is 2.21. The van der Waals surface area contributed by atoms with Gasteiger partial charge < -0.3 is 20.3 Å². The lowest BCUT2D eigenvalue weighted by Crippen LogP contribution is -2.46. The number of aliphatic hydroxyl groups excluding tert-OH is 1. The van der Waals surface area contributed by atoms with E-state index in [0.29, 0.717) is 17.7 Å². The van der Waals surface area contributed by atoms with Crippen molar-refractivity contribution in [2.45, 2.75) is 65.2 Å². The minimum Gasteiger partial charge on any atom is -0.478 e. The number of β-amino-alcohol motifs (C(OH)–C–C–N with tert-alkyl or cyclic N) is 1. The Labute approximate surface area is 225 Å². The molecule has 0 aliphatic carbocycles. The molecule has 3 aromatic carbocycles. The van der Waals surface area contributed by atoms with Gasteiger partial charge in [0.05, 0.1) is 24.4 Å². The lowest BCUT2D eigenvalue weighted by Gasteiger charge is -2.28. The molecule has 0 heterocycles. The highest BCUT2D eigenvalue weighted by atomic mass is 35.5. The summed E-state index contributed by atoms with van der Waals surface area (Å²) in [5.41, 5.74) is 5.98. The fourth-order valence-corrected chi connectivity index (χ4v) is 4.88. The number of hydrogen-bond acceptors (Lipinski definition) is 4. The maximum absolute atomic E-state index is 11.4. The maximum atomic E-state index is 11.4. The van der Waals surface area contributed by atoms with Gasteiger partial charge in [0.15, 0.2) is 0 Å². The Morgan fingerprint density at radius 2 is 1.84 bits per heavy atom. The van der Waals surface area contributed by atoms with Crippen LogP contribution in [0, 0.1) is 6.92 Å². The molecular formula is C31H38ClNO4. The molecule has 0 fully saturated rings. The first-order valence-electron chi connectivity index (χ1n) is 12.8. The minimum absolute atomic E-state index is 0.187. The van der Waals surface area contributed by atoms with Crippen LogP contribution in [0.15, 0.2) is 60.7 Å². The molecule has 0 saturated heterocycles. The molecule has 0 aliphatic rings. The summed E-state index contributed by atoms with van der Waals surface area (Å²) in [7, 11) is 0. The number of ether oxygens (including phenoxy) is 1. The Balaban J connectivity index is 1.58. The summed E-state index contributed by atoms with van der Waals surface area (Å²) < 4.78 is 6.07. The molecule has 3 aromatic rings. The summed E-state index contributed by atoms with van der Waals surface area (Å²) in [6.45, 7) is 10.7. The molecule has 6 heteroatoms. The summed E-state index contributed by atoms with van der Waals surface area (Å²) in [5, 5.41) is 24.2. The molecule has 3 rings (SSSR count). The Morgan fingerprint density at radius 3 is 2.49 bits per heavy atom. The first-order valence-corrected chi connectivity index (χ1v) is 13.1. The van der Waals surface area contributed by atoms with Crippen molar-refractivity contribution in [1.29, 1.82) is 0 Å². The van der Waals surface area contributed by atoms with Crippen LogP contribution < -0.4 is 5.32 Å². The van der Waals surface area contributed by atoms with Crippen molar-refractivity contribution >= 4 is 17.6 Å². The number of halogens is 1. The van der Waals surface area contributed by atoms with E-state index in [1.165, 1.54) is 0 Å². The summed E-state index contributed by atoms with van der Waals surface area (Å²) in [6, 6.07) is 19.5. The largest absolute Gasteiger partial charge is 0.478 e. The third kappa shape index (κ3) is 7.89. The van der Waals surface area contributed by atoms with Gasteiger partial charge in [-0.2, -0.15) is 0 Å². The SMILES string of the molecule is CCc1ccc(CC(C)(C)NC[C@@H](O)CO[C@H](C)c2ccccc2-c2ccc(C(=O)O)c(C)c2)cc1Cl. The van der Waals surface area contributed by atoms with E-state index in [9.17, 15) is 15.0 Å². The molecule has 0 aliphatic heterocycles. The van der Waals surface area contributed by atoms with Crippen molar-refractivity contribution in [1.82, 2.24) is 5.32 Å².